The molecule has 19 heavy (non-hydrogen) atoms. The van der Waals surface area contributed by atoms with Gasteiger partial charge in [0, 0.05) is 45.5 Å². The third-order valence-corrected chi connectivity index (χ3v) is 3.35. The minimum Gasteiger partial charge on any atom is -0.378 e. The van der Waals surface area contributed by atoms with Crippen LogP contribution < -0.4 is 10.6 Å². The first kappa shape index (κ1) is 13.8. The van der Waals surface area contributed by atoms with Crippen molar-refractivity contribution >= 4 is 11.7 Å². The van der Waals surface area contributed by atoms with Crippen LogP contribution in [0.25, 0.3) is 0 Å². The normalized spacial score (nSPS) is 22.2. The highest BCUT2D eigenvalue weighted by Crippen LogP contribution is 2.21. The Kier molecular flexibility index (Phi) is 4.34. The first-order valence-electron chi connectivity index (χ1n) is 6.24. The number of carbonyl (C=O) groups excluding carboxylic acids is 1. The summed E-state index contributed by atoms with van der Waals surface area (Å²) in [6.07, 6.45) is 2.40. The molecule has 1 saturated heterocycles. The monoisotopic (exact) mass is 265 g/mol. The van der Waals surface area contributed by atoms with E-state index in [4.69, 9.17) is 9.47 Å². The summed E-state index contributed by atoms with van der Waals surface area (Å²) in [7, 11) is 3.41. The van der Waals surface area contributed by atoms with Crippen molar-refractivity contribution in [3.63, 3.8) is 0 Å². The Morgan fingerprint density at radius 1 is 1.63 bits per heavy atom. The number of hydrogen-bond acceptors (Lipinski definition) is 5. The fourth-order valence-electron chi connectivity index (χ4n) is 2.01. The predicted molar refractivity (Wildman–Crippen MR) is 71.3 cm³/mol. The van der Waals surface area contributed by atoms with Crippen LogP contribution in [0.5, 0.6) is 0 Å². The predicted octanol–water partition coefficient (Wildman–Crippen LogP) is 0.659. The summed E-state index contributed by atoms with van der Waals surface area (Å²) in [6, 6.07) is 3.39. The highest BCUT2D eigenvalue weighted by atomic mass is 16.5. The lowest BCUT2D eigenvalue weighted by molar-refractivity contribution is -0.0148. The number of anilines is 1. The summed E-state index contributed by atoms with van der Waals surface area (Å²) >= 11 is 0. The van der Waals surface area contributed by atoms with Crippen LogP contribution in [-0.4, -0.2) is 50.4 Å². The van der Waals surface area contributed by atoms with E-state index in [0.717, 1.165) is 6.42 Å². The maximum Gasteiger partial charge on any atom is 0.251 e. The van der Waals surface area contributed by atoms with Gasteiger partial charge in [0.15, 0.2) is 0 Å². The fourth-order valence-corrected chi connectivity index (χ4v) is 2.01. The third kappa shape index (κ3) is 3.21. The number of nitrogens with zero attached hydrogens (tertiary/aromatic N) is 1. The topological polar surface area (TPSA) is 72.5 Å². The molecule has 1 unspecified atom stereocenters. The van der Waals surface area contributed by atoms with E-state index in [-0.39, 0.29) is 5.91 Å². The summed E-state index contributed by atoms with van der Waals surface area (Å²) < 4.78 is 10.8. The van der Waals surface area contributed by atoms with Gasteiger partial charge in [0.05, 0.1) is 6.61 Å². The molecule has 1 atom stereocenters. The summed E-state index contributed by atoms with van der Waals surface area (Å²) in [5.41, 5.74) is 0.179. The van der Waals surface area contributed by atoms with Crippen molar-refractivity contribution < 1.29 is 14.3 Å². The van der Waals surface area contributed by atoms with Gasteiger partial charge < -0.3 is 20.1 Å². The molecular formula is C13H19N3O3. The Bertz CT molecular complexity index is 445. The second-order valence-corrected chi connectivity index (χ2v) is 4.55. The van der Waals surface area contributed by atoms with Crippen molar-refractivity contribution in [2.75, 3.05) is 39.2 Å². The molecule has 2 heterocycles. The van der Waals surface area contributed by atoms with E-state index in [2.05, 4.69) is 15.6 Å². The van der Waals surface area contributed by atoms with Crippen LogP contribution in [0.4, 0.5) is 5.82 Å². The van der Waals surface area contributed by atoms with Crippen LogP contribution in [0.1, 0.15) is 16.8 Å². The second-order valence-electron chi connectivity index (χ2n) is 4.55. The maximum atomic E-state index is 12.1. The Balaban J connectivity index is 1.97. The quantitative estimate of drug-likeness (QED) is 0.818. The van der Waals surface area contributed by atoms with Gasteiger partial charge in [-0.2, -0.15) is 0 Å². The largest absolute Gasteiger partial charge is 0.378 e. The number of aromatic nitrogens is 1. The van der Waals surface area contributed by atoms with Crippen LogP contribution >= 0.6 is 0 Å². The lowest BCUT2D eigenvalue weighted by atomic mass is 10.0. The lowest BCUT2D eigenvalue weighted by Crippen LogP contribution is -2.45. The average Bonchev–Trinajstić information content (AvgIpc) is 2.94. The Labute approximate surface area is 112 Å². The summed E-state index contributed by atoms with van der Waals surface area (Å²) in [5, 5.41) is 5.79. The van der Waals surface area contributed by atoms with E-state index in [1.54, 1.807) is 32.5 Å². The van der Waals surface area contributed by atoms with Crippen molar-refractivity contribution in [1.82, 2.24) is 10.3 Å². The van der Waals surface area contributed by atoms with Gasteiger partial charge in [-0.15, -0.1) is 0 Å². The van der Waals surface area contributed by atoms with E-state index in [0.29, 0.717) is 31.1 Å². The van der Waals surface area contributed by atoms with Crippen molar-refractivity contribution in [3.05, 3.63) is 23.9 Å². The van der Waals surface area contributed by atoms with Crippen LogP contribution in [0.3, 0.4) is 0 Å². The van der Waals surface area contributed by atoms with Crippen molar-refractivity contribution in [2.24, 2.45) is 0 Å². The molecule has 1 aromatic heterocycles. The van der Waals surface area contributed by atoms with Gasteiger partial charge in [-0.25, -0.2) is 4.98 Å². The number of pyridine rings is 1. The van der Waals surface area contributed by atoms with Gasteiger partial charge in [0.2, 0.25) is 0 Å². The molecular weight excluding hydrogens is 246 g/mol. The standard InChI is InChI=1S/C13H19N3O3/c1-14-11-7-10(3-5-15-11)12(17)16-8-13(18-2)4-6-19-9-13/h3,5,7H,4,6,8-9H2,1-2H3,(H,14,15)(H,16,17). The van der Waals surface area contributed by atoms with Gasteiger partial charge in [-0.1, -0.05) is 0 Å². The van der Waals surface area contributed by atoms with E-state index >= 15 is 0 Å². The number of nitrogens with one attached hydrogen (secondary N) is 2. The number of amides is 1. The highest BCUT2D eigenvalue weighted by molar-refractivity contribution is 5.94. The molecule has 0 saturated carbocycles. The molecule has 2 N–H and O–H groups in total. The molecule has 1 aliphatic heterocycles. The van der Waals surface area contributed by atoms with Crippen molar-refractivity contribution in [1.29, 1.82) is 0 Å². The van der Waals surface area contributed by atoms with E-state index < -0.39 is 5.60 Å². The van der Waals surface area contributed by atoms with Crippen LogP contribution in [-0.2, 0) is 9.47 Å². The molecule has 1 aliphatic rings. The van der Waals surface area contributed by atoms with Gasteiger partial charge in [-0.05, 0) is 12.1 Å². The fraction of sp³-hybridized carbons (Fsp3) is 0.538. The van der Waals surface area contributed by atoms with Gasteiger partial charge in [0.25, 0.3) is 5.91 Å². The smallest absolute Gasteiger partial charge is 0.251 e. The Morgan fingerprint density at radius 2 is 2.47 bits per heavy atom. The molecule has 0 aliphatic carbocycles. The third-order valence-electron chi connectivity index (χ3n) is 3.35. The molecule has 1 aromatic rings. The molecule has 0 aromatic carbocycles. The number of ether oxygens (including phenoxy) is 2. The van der Waals surface area contributed by atoms with Crippen LogP contribution in [0, 0.1) is 0 Å². The second kappa shape index (κ2) is 5.99. The van der Waals surface area contributed by atoms with Gasteiger partial charge in [0.1, 0.15) is 11.4 Å². The van der Waals surface area contributed by atoms with Crippen LogP contribution in [0.15, 0.2) is 18.3 Å². The van der Waals surface area contributed by atoms with E-state index in [1.807, 2.05) is 0 Å². The number of methoxy groups -OCH3 is 1. The maximum absolute atomic E-state index is 12.1. The lowest BCUT2D eigenvalue weighted by Gasteiger charge is -2.25. The zero-order valence-corrected chi connectivity index (χ0v) is 11.2. The van der Waals surface area contributed by atoms with Gasteiger partial charge >= 0.3 is 0 Å². The minimum absolute atomic E-state index is 0.137. The molecule has 6 nitrogen and oxygen atoms in total. The molecule has 1 fully saturated rings. The van der Waals surface area contributed by atoms with Gasteiger partial charge in [-0.3, -0.25) is 4.79 Å². The Morgan fingerprint density at radius 3 is 3.11 bits per heavy atom. The first-order chi connectivity index (χ1) is 9.19. The molecule has 1 amide bonds. The summed E-state index contributed by atoms with van der Waals surface area (Å²) in [6.45, 7) is 1.63. The molecule has 2 rings (SSSR count). The van der Waals surface area contributed by atoms with E-state index in [9.17, 15) is 4.79 Å². The Hall–Kier alpha value is -1.66. The molecule has 0 bridgehead atoms. The number of hydrogen-bond donors (Lipinski definition) is 2. The molecule has 104 valence electrons. The molecule has 0 spiro atoms. The molecule has 6 heteroatoms. The summed E-state index contributed by atoms with van der Waals surface area (Å²) in [4.78, 5) is 16.1. The SMILES string of the molecule is CNc1cc(C(=O)NCC2(OC)CCOC2)ccn1. The number of rotatable bonds is 5. The minimum atomic E-state index is -0.394. The first-order valence-corrected chi connectivity index (χ1v) is 6.24. The average molecular weight is 265 g/mol. The zero-order valence-electron chi connectivity index (χ0n) is 11.2. The van der Waals surface area contributed by atoms with Crippen molar-refractivity contribution in [3.8, 4) is 0 Å². The highest BCUT2D eigenvalue weighted by Gasteiger charge is 2.35. The number of carbonyl (C=O) groups is 1. The molecule has 0 radical (unpaired) electrons. The summed E-state index contributed by atoms with van der Waals surface area (Å²) in [5.74, 6) is 0.528. The van der Waals surface area contributed by atoms with Crippen LogP contribution in [0.2, 0.25) is 0 Å². The van der Waals surface area contributed by atoms with Crippen molar-refractivity contribution in [2.45, 2.75) is 12.0 Å². The zero-order chi connectivity index (χ0) is 13.7. The van der Waals surface area contributed by atoms with E-state index in [1.165, 1.54) is 0 Å².